The second kappa shape index (κ2) is 16.7. The number of hydrogen-bond acceptors (Lipinski definition) is 12. The van der Waals surface area contributed by atoms with Gasteiger partial charge in [-0.05, 0) is 91.6 Å². The zero-order valence-corrected chi connectivity index (χ0v) is 31.7. The van der Waals surface area contributed by atoms with Crippen LogP contribution in [0.2, 0.25) is 0 Å². The van der Waals surface area contributed by atoms with Gasteiger partial charge < -0.3 is 20.1 Å². The number of anilines is 3. The summed E-state index contributed by atoms with van der Waals surface area (Å²) >= 11 is 0. The highest BCUT2D eigenvalue weighted by atomic mass is 31.2. The second-order valence-electron chi connectivity index (χ2n) is 14.5. The number of likely N-dealkylation sites (tertiary alicyclic amines) is 1. The minimum absolute atomic E-state index is 0.0652. The number of nitrogens with one attached hydrogen (secondary N) is 2. The molecule has 282 valence electrons. The van der Waals surface area contributed by atoms with Crippen molar-refractivity contribution >= 4 is 41.8 Å². The number of fused-ring (bicyclic) bond motifs is 1. The SMILES string of the molecule is COc1cc2c(Nc3cnn(CC(=O)Nc4cccc(F)c4)c3)ncnc2cc1OCCCN1CCC[C@H]1COP(=O)(OC(C)(C)C)OC(C)(C)C. The first-order valence-corrected chi connectivity index (χ1v) is 18.7. The van der Waals surface area contributed by atoms with Crippen molar-refractivity contribution in [2.24, 2.45) is 0 Å². The third kappa shape index (κ3) is 11.4. The summed E-state index contributed by atoms with van der Waals surface area (Å²) in [6.45, 7) is 13.2. The summed E-state index contributed by atoms with van der Waals surface area (Å²) in [5.74, 6) is 0.814. The number of phosphoric ester groups is 1. The lowest BCUT2D eigenvalue weighted by Gasteiger charge is -2.32. The Morgan fingerprint density at radius 1 is 1.04 bits per heavy atom. The van der Waals surface area contributed by atoms with E-state index in [9.17, 15) is 13.8 Å². The third-order valence-electron chi connectivity index (χ3n) is 7.77. The van der Waals surface area contributed by atoms with Crippen LogP contribution in [0.1, 0.15) is 60.8 Å². The van der Waals surface area contributed by atoms with Crippen molar-refractivity contribution in [3.63, 3.8) is 0 Å². The van der Waals surface area contributed by atoms with E-state index in [0.717, 1.165) is 32.4 Å². The van der Waals surface area contributed by atoms with E-state index < -0.39 is 24.8 Å². The van der Waals surface area contributed by atoms with Gasteiger partial charge in [0.05, 0.1) is 48.9 Å². The first-order chi connectivity index (χ1) is 24.6. The number of amides is 1. The highest BCUT2D eigenvalue weighted by Crippen LogP contribution is 2.55. The van der Waals surface area contributed by atoms with E-state index in [2.05, 4.69) is 30.6 Å². The topological polar surface area (TPSA) is 151 Å². The van der Waals surface area contributed by atoms with Gasteiger partial charge in [0.15, 0.2) is 11.5 Å². The standard InChI is InChI=1S/C36H49FN7O7P/c1-35(2,3)50-52(46,51-36(4,5)6)49-23-28-13-9-14-43(28)15-10-16-48-32-19-30-29(18-31(32)47-7)34(39-24-38-30)42-27-20-40-44(21-27)22-33(45)41-26-12-8-11-25(37)17-26/h8,11-12,17-21,24,28H,9-10,13-16,22-23H2,1-7H3,(H,41,45)(H,38,39,42)/t28-/m0/s1. The molecule has 3 heterocycles. The number of halogens is 1. The van der Waals surface area contributed by atoms with Crippen LogP contribution in [0.25, 0.3) is 10.9 Å². The maximum absolute atomic E-state index is 13.5. The Kier molecular flexibility index (Phi) is 12.5. The lowest BCUT2D eigenvalue weighted by atomic mass is 10.2. The average molecular weight is 742 g/mol. The quantitative estimate of drug-likeness (QED) is 0.0873. The Bertz CT molecular complexity index is 1860. The van der Waals surface area contributed by atoms with Gasteiger partial charge in [0.2, 0.25) is 5.91 Å². The van der Waals surface area contributed by atoms with E-state index >= 15 is 0 Å². The molecule has 0 unspecified atom stereocenters. The van der Waals surface area contributed by atoms with Crippen LogP contribution in [0.5, 0.6) is 11.5 Å². The molecule has 1 amide bonds. The Hall–Kier alpha value is -4.14. The molecule has 0 bridgehead atoms. The van der Waals surface area contributed by atoms with Crippen LogP contribution in [-0.2, 0) is 29.5 Å². The maximum atomic E-state index is 13.5. The van der Waals surface area contributed by atoms with Gasteiger partial charge in [-0.1, -0.05) is 6.07 Å². The first-order valence-electron chi connectivity index (χ1n) is 17.3. The van der Waals surface area contributed by atoms with E-state index in [0.29, 0.717) is 46.2 Å². The molecule has 5 rings (SSSR count). The van der Waals surface area contributed by atoms with Crippen LogP contribution >= 0.6 is 7.82 Å². The lowest BCUT2D eigenvalue weighted by molar-refractivity contribution is -0.116. The molecule has 0 aliphatic carbocycles. The summed E-state index contributed by atoms with van der Waals surface area (Å²) in [7, 11) is -2.22. The van der Waals surface area contributed by atoms with E-state index in [1.54, 1.807) is 25.6 Å². The number of ether oxygens (including phenoxy) is 2. The Morgan fingerprint density at radius 2 is 1.81 bits per heavy atom. The molecule has 1 aliphatic rings. The minimum atomic E-state index is -3.79. The number of methoxy groups -OCH3 is 1. The summed E-state index contributed by atoms with van der Waals surface area (Å²) in [6, 6.07) is 9.41. The lowest BCUT2D eigenvalue weighted by Crippen LogP contribution is -2.35. The summed E-state index contributed by atoms with van der Waals surface area (Å²) in [5.41, 5.74) is 0.229. The molecule has 2 aromatic carbocycles. The fourth-order valence-electron chi connectivity index (χ4n) is 5.75. The van der Waals surface area contributed by atoms with Gasteiger partial charge in [0.25, 0.3) is 0 Å². The molecule has 4 aromatic rings. The largest absolute Gasteiger partial charge is 0.493 e. The van der Waals surface area contributed by atoms with Crippen molar-refractivity contribution in [3.05, 3.63) is 60.9 Å². The Balaban J connectivity index is 1.15. The number of phosphoric acid groups is 1. The fourth-order valence-corrected chi connectivity index (χ4v) is 7.59. The number of nitrogens with zero attached hydrogens (tertiary/aromatic N) is 5. The number of hydrogen-bond donors (Lipinski definition) is 2. The number of rotatable bonds is 16. The molecule has 0 saturated carbocycles. The third-order valence-corrected chi connectivity index (χ3v) is 9.78. The molecule has 1 aliphatic heterocycles. The molecule has 1 saturated heterocycles. The highest BCUT2D eigenvalue weighted by molar-refractivity contribution is 7.48. The molecule has 16 heteroatoms. The van der Waals surface area contributed by atoms with Gasteiger partial charge in [-0.3, -0.25) is 27.9 Å². The normalized spacial score (nSPS) is 15.6. The molecule has 2 aromatic heterocycles. The van der Waals surface area contributed by atoms with Crippen molar-refractivity contribution in [2.45, 2.75) is 84.6 Å². The van der Waals surface area contributed by atoms with Crippen molar-refractivity contribution in [3.8, 4) is 11.5 Å². The first kappa shape index (κ1) is 39.1. The second-order valence-corrected chi connectivity index (χ2v) is 16.1. The van der Waals surface area contributed by atoms with Crippen molar-refractivity contribution in [1.29, 1.82) is 0 Å². The predicted octanol–water partition coefficient (Wildman–Crippen LogP) is 7.34. The smallest absolute Gasteiger partial charge is 0.475 e. The monoisotopic (exact) mass is 741 g/mol. The summed E-state index contributed by atoms with van der Waals surface area (Å²) < 4.78 is 57.8. The highest BCUT2D eigenvalue weighted by Gasteiger charge is 2.38. The molecular weight excluding hydrogens is 692 g/mol. The maximum Gasteiger partial charge on any atom is 0.475 e. The molecule has 14 nitrogen and oxygen atoms in total. The number of carbonyl (C=O) groups is 1. The van der Waals surface area contributed by atoms with Crippen LogP contribution in [0.3, 0.4) is 0 Å². The van der Waals surface area contributed by atoms with Crippen molar-refractivity contribution in [1.82, 2.24) is 24.6 Å². The van der Waals surface area contributed by atoms with E-state index in [1.807, 2.05) is 53.7 Å². The number of aromatic nitrogens is 4. The van der Waals surface area contributed by atoms with Crippen LogP contribution in [0.4, 0.5) is 21.6 Å². The predicted molar refractivity (Wildman–Crippen MR) is 197 cm³/mol. The Morgan fingerprint density at radius 3 is 2.52 bits per heavy atom. The van der Waals surface area contributed by atoms with E-state index in [-0.39, 0.29) is 25.1 Å². The number of carbonyl (C=O) groups excluding carboxylic acids is 1. The molecule has 0 spiro atoms. The number of benzene rings is 2. The van der Waals surface area contributed by atoms with Gasteiger partial charge in [0.1, 0.15) is 24.5 Å². The van der Waals surface area contributed by atoms with Gasteiger partial charge in [0, 0.05) is 35.9 Å². The van der Waals surface area contributed by atoms with Gasteiger partial charge in [-0.15, -0.1) is 0 Å². The molecule has 52 heavy (non-hydrogen) atoms. The fraction of sp³-hybridized carbons (Fsp3) is 0.500. The van der Waals surface area contributed by atoms with Crippen LogP contribution in [-0.4, -0.2) is 81.2 Å². The minimum Gasteiger partial charge on any atom is -0.493 e. The van der Waals surface area contributed by atoms with Crippen LogP contribution in [0, 0.1) is 5.82 Å². The molecule has 0 radical (unpaired) electrons. The van der Waals surface area contributed by atoms with Gasteiger partial charge >= 0.3 is 7.82 Å². The van der Waals surface area contributed by atoms with Crippen molar-refractivity contribution < 1.29 is 36.8 Å². The molecule has 1 atom stereocenters. The average Bonchev–Trinajstić information content (AvgIpc) is 3.69. The zero-order chi connectivity index (χ0) is 37.5. The molecular formula is C36H49FN7O7P. The zero-order valence-electron chi connectivity index (χ0n) is 30.8. The summed E-state index contributed by atoms with van der Waals surface area (Å²) in [4.78, 5) is 23.6. The van der Waals surface area contributed by atoms with E-state index in [1.165, 1.54) is 29.2 Å². The van der Waals surface area contributed by atoms with E-state index in [4.69, 9.17) is 23.0 Å². The van der Waals surface area contributed by atoms with Crippen molar-refractivity contribution in [2.75, 3.05) is 44.0 Å². The van der Waals surface area contributed by atoms with Gasteiger partial charge in [-0.25, -0.2) is 18.9 Å². The summed E-state index contributed by atoms with van der Waals surface area (Å²) in [6.07, 6.45) is 7.38. The van der Waals surface area contributed by atoms with Gasteiger partial charge in [-0.2, -0.15) is 5.10 Å². The molecule has 2 N–H and O–H groups in total. The molecule has 1 fully saturated rings. The van der Waals surface area contributed by atoms with Crippen LogP contribution < -0.4 is 20.1 Å². The Labute approximate surface area is 304 Å². The van der Waals surface area contributed by atoms with Crippen LogP contribution in [0.15, 0.2) is 55.1 Å². The summed E-state index contributed by atoms with van der Waals surface area (Å²) in [5, 5.41) is 10.9.